The predicted molar refractivity (Wildman–Crippen MR) is 80.1 cm³/mol. The molecule has 0 radical (unpaired) electrons. The predicted octanol–water partition coefficient (Wildman–Crippen LogP) is 3.20. The molecule has 1 aromatic carbocycles. The van der Waals surface area contributed by atoms with Gasteiger partial charge in [-0.05, 0) is 29.8 Å². The molecule has 8 heteroatoms. The molecule has 1 N–H and O–H groups in total. The van der Waals surface area contributed by atoms with Crippen LogP contribution in [0.15, 0.2) is 41.9 Å². The zero-order chi connectivity index (χ0) is 14.6. The lowest BCUT2D eigenvalue weighted by atomic mass is 10.2. The second-order valence-corrected chi connectivity index (χ2v) is 6.09. The number of hydrogen-bond donors (Lipinski definition) is 1. The van der Waals surface area contributed by atoms with Crippen molar-refractivity contribution in [1.82, 2.24) is 9.97 Å². The second kappa shape index (κ2) is 6.21. The van der Waals surface area contributed by atoms with Gasteiger partial charge in [-0.3, -0.25) is 0 Å². The van der Waals surface area contributed by atoms with Crippen LogP contribution in [0.1, 0.15) is 5.56 Å². The average Bonchev–Trinajstić information content (AvgIpc) is 2.37. The quantitative estimate of drug-likeness (QED) is 0.874. The van der Waals surface area contributed by atoms with Gasteiger partial charge < -0.3 is 0 Å². The van der Waals surface area contributed by atoms with Crippen molar-refractivity contribution in [2.75, 3.05) is 4.72 Å². The van der Waals surface area contributed by atoms with E-state index >= 15 is 0 Å². The number of halogens is 2. The van der Waals surface area contributed by atoms with Gasteiger partial charge in [-0.2, -0.15) is 0 Å². The summed E-state index contributed by atoms with van der Waals surface area (Å²) in [5.74, 6) is -0.0849. The highest BCUT2D eigenvalue weighted by Crippen LogP contribution is 2.12. The minimum absolute atomic E-state index is 0.0849. The Balaban J connectivity index is 2.13. The molecule has 0 saturated heterocycles. The highest BCUT2D eigenvalue weighted by molar-refractivity contribution is 7.95. The maximum Gasteiger partial charge on any atom is 0.257 e. The van der Waals surface area contributed by atoms with Gasteiger partial charge in [0.2, 0.25) is 5.95 Å². The fraction of sp³-hybridized carbons (Fsp3) is 0. The fourth-order valence-electron chi connectivity index (χ4n) is 1.29. The van der Waals surface area contributed by atoms with E-state index in [-0.39, 0.29) is 11.1 Å². The van der Waals surface area contributed by atoms with Gasteiger partial charge in [0.05, 0.1) is 5.41 Å². The number of sulfonamides is 1. The molecular formula is C12H9Cl2N3O2S. The van der Waals surface area contributed by atoms with E-state index in [2.05, 4.69) is 14.7 Å². The van der Waals surface area contributed by atoms with Crippen molar-refractivity contribution in [2.45, 2.75) is 0 Å². The summed E-state index contributed by atoms with van der Waals surface area (Å²) < 4.78 is 25.8. The van der Waals surface area contributed by atoms with E-state index in [4.69, 9.17) is 23.2 Å². The Morgan fingerprint density at radius 1 is 1.10 bits per heavy atom. The van der Waals surface area contributed by atoms with Gasteiger partial charge in [0.25, 0.3) is 10.0 Å². The monoisotopic (exact) mass is 329 g/mol. The molecule has 0 bridgehead atoms. The maximum atomic E-state index is 11.8. The molecule has 2 aromatic rings. The van der Waals surface area contributed by atoms with Crippen molar-refractivity contribution < 1.29 is 8.42 Å². The molecule has 20 heavy (non-hydrogen) atoms. The Morgan fingerprint density at radius 2 is 1.80 bits per heavy atom. The van der Waals surface area contributed by atoms with Crippen molar-refractivity contribution in [3.63, 3.8) is 0 Å². The summed E-state index contributed by atoms with van der Waals surface area (Å²) >= 11 is 11.4. The molecule has 0 aliphatic heterocycles. The Labute approximate surface area is 126 Å². The molecule has 1 heterocycles. The third kappa shape index (κ3) is 4.48. The molecule has 0 spiro atoms. The first-order valence-electron chi connectivity index (χ1n) is 5.40. The Morgan fingerprint density at radius 3 is 2.45 bits per heavy atom. The van der Waals surface area contributed by atoms with Gasteiger partial charge in [0.1, 0.15) is 5.15 Å². The van der Waals surface area contributed by atoms with Gasteiger partial charge in [-0.1, -0.05) is 35.3 Å². The van der Waals surface area contributed by atoms with E-state index in [0.29, 0.717) is 10.6 Å². The summed E-state index contributed by atoms with van der Waals surface area (Å²) in [6, 6.07) is 8.18. The molecule has 2 rings (SSSR count). The first-order chi connectivity index (χ1) is 9.44. The topological polar surface area (TPSA) is 72.0 Å². The molecule has 0 amide bonds. The summed E-state index contributed by atoms with van der Waals surface area (Å²) in [6.45, 7) is 0. The Hall–Kier alpha value is -1.63. The maximum absolute atomic E-state index is 11.8. The molecule has 0 fully saturated rings. The zero-order valence-electron chi connectivity index (χ0n) is 9.99. The molecule has 0 atom stereocenters. The minimum Gasteiger partial charge on any atom is -0.248 e. The van der Waals surface area contributed by atoms with Crippen molar-refractivity contribution in [2.24, 2.45) is 0 Å². The molecule has 0 aliphatic carbocycles. The summed E-state index contributed by atoms with van der Waals surface area (Å²) in [6.07, 6.45) is 2.79. The lowest BCUT2D eigenvalue weighted by Crippen LogP contribution is -2.11. The van der Waals surface area contributed by atoms with Crippen LogP contribution in [0.4, 0.5) is 5.95 Å². The van der Waals surface area contributed by atoms with E-state index < -0.39 is 10.0 Å². The third-order valence-electron chi connectivity index (χ3n) is 2.16. The van der Waals surface area contributed by atoms with Crippen LogP contribution >= 0.6 is 23.2 Å². The van der Waals surface area contributed by atoms with Crippen molar-refractivity contribution in [3.8, 4) is 0 Å². The smallest absolute Gasteiger partial charge is 0.248 e. The van der Waals surface area contributed by atoms with E-state index in [9.17, 15) is 8.42 Å². The SMILES string of the molecule is O=S(=O)(/C=C/c1ccc(Cl)cc1)Nc1nccc(Cl)n1. The summed E-state index contributed by atoms with van der Waals surface area (Å²) in [5.41, 5.74) is 0.701. The largest absolute Gasteiger partial charge is 0.257 e. The van der Waals surface area contributed by atoms with E-state index in [1.54, 1.807) is 24.3 Å². The number of anilines is 1. The van der Waals surface area contributed by atoms with Gasteiger partial charge in [-0.25, -0.2) is 23.1 Å². The standard InChI is InChI=1S/C12H9Cl2N3O2S/c13-10-3-1-9(2-4-10)6-8-20(18,19)17-12-15-7-5-11(14)16-12/h1-8H,(H,15,16,17)/b8-6+. The number of hydrogen-bond acceptors (Lipinski definition) is 4. The number of rotatable bonds is 4. The molecule has 5 nitrogen and oxygen atoms in total. The minimum atomic E-state index is -3.71. The van der Waals surface area contributed by atoms with Crippen LogP contribution in [0, 0.1) is 0 Å². The molecule has 104 valence electrons. The molecular weight excluding hydrogens is 321 g/mol. The van der Waals surface area contributed by atoms with Crippen molar-refractivity contribution in [3.05, 3.63) is 57.7 Å². The van der Waals surface area contributed by atoms with Crippen LogP contribution in [0.2, 0.25) is 10.2 Å². The van der Waals surface area contributed by atoms with Crippen LogP contribution in [0.25, 0.3) is 6.08 Å². The van der Waals surface area contributed by atoms with E-state index in [0.717, 1.165) is 5.41 Å². The normalized spacial score (nSPS) is 11.7. The first-order valence-corrected chi connectivity index (χ1v) is 7.70. The summed E-state index contributed by atoms with van der Waals surface area (Å²) in [5, 5.41) is 1.75. The number of nitrogens with zero attached hydrogens (tertiary/aromatic N) is 2. The fourth-order valence-corrected chi connectivity index (χ4v) is 2.31. The van der Waals surface area contributed by atoms with Crippen molar-refractivity contribution >= 4 is 45.2 Å². The van der Waals surface area contributed by atoms with Crippen LogP contribution in [-0.2, 0) is 10.0 Å². The Bertz CT molecular complexity index is 731. The summed E-state index contributed by atoms with van der Waals surface area (Å²) in [7, 11) is -3.71. The number of benzene rings is 1. The lowest BCUT2D eigenvalue weighted by molar-refractivity contribution is 0.609. The number of aromatic nitrogens is 2. The number of nitrogens with one attached hydrogen (secondary N) is 1. The van der Waals surface area contributed by atoms with Crippen LogP contribution < -0.4 is 4.72 Å². The zero-order valence-corrected chi connectivity index (χ0v) is 12.3. The van der Waals surface area contributed by atoms with Crippen LogP contribution in [0.3, 0.4) is 0 Å². The van der Waals surface area contributed by atoms with Gasteiger partial charge in [-0.15, -0.1) is 0 Å². The van der Waals surface area contributed by atoms with Gasteiger partial charge >= 0.3 is 0 Å². The average molecular weight is 330 g/mol. The first kappa shape index (κ1) is 14.8. The second-order valence-electron chi connectivity index (χ2n) is 3.70. The molecule has 0 aliphatic rings. The molecule has 0 unspecified atom stereocenters. The molecule has 0 saturated carbocycles. The third-order valence-corrected chi connectivity index (χ3v) is 3.59. The lowest BCUT2D eigenvalue weighted by Gasteiger charge is -2.02. The van der Waals surface area contributed by atoms with Gasteiger partial charge in [0.15, 0.2) is 0 Å². The summed E-state index contributed by atoms with van der Waals surface area (Å²) in [4.78, 5) is 7.49. The molecule has 1 aromatic heterocycles. The highest BCUT2D eigenvalue weighted by atomic mass is 35.5. The van der Waals surface area contributed by atoms with Gasteiger partial charge in [0, 0.05) is 11.2 Å². The Kier molecular flexibility index (Phi) is 4.59. The highest BCUT2D eigenvalue weighted by Gasteiger charge is 2.07. The van der Waals surface area contributed by atoms with Crippen LogP contribution in [0.5, 0.6) is 0 Å². The van der Waals surface area contributed by atoms with E-state index in [1.807, 2.05) is 0 Å². The van der Waals surface area contributed by atoms with Crippen LogP contribution in [-0.4, -0.2) is 18.4 Å². The van der Waals surface area contributed by atoms with E-state index in [1.165, 1.54) is 18.3 Å². The van der Waals surface area contributed by atoms with Crippen molar-refractivity contribution in [1.29, 1.82) is 0 Å².